The standard InChI is InChI=1S/C17H14ClN3O4/c1-24-17(23)7-11-2-4-14(12(6-11)8-19)25-10-16(22)21-15-5-3-13(18)9-20-15/h2-6,9H,7,10H2,1H3,(H,20,21,22). The Kier molecular flexibility index (Phi) is 6.32. The number of rotatable bonds is 6. The van der Waals surface area contributed by atoms with Crippen molar-refractivity contribution >= 4 is 29.3 Å². The number of methoxy groups -OCH3 is 1. The molecule has 0 radical (unpaired) electrons. The molecule has 0 atom stereocenters. The third-order valence-corrected chi connectivity index (χ3v) is 3.32. The normalized spacial score (nSPS) is 9.80. The Morgan fingerprint density at radius 1 is 1.32 bits per heavy atom. The highest BCUT2D eigenvalue weighted by Gasteiger charge is 2.10. The Balaban J connectivity index is 1.97. The van der Waals surface area contributed by atoms with E-state index in [1.54, 1.807) is 18.2 Å². The molecule has 1 heterocycles. The predicted octanol–water partition coefficient (Wildman–Crippen LogP) is 2.34. The lowest BCUT2D eigenvalue weighted by Crippen LogP contribution is -2.21. The summed E-state index contributed by atoms with van der Waals surface area (Å²) in [6.45, 7) is -0.296. The van der Waals surface area contributed by atoms with Crippen LogP contribution in [0.25, 0.3) is 0 Å². The molecule has 25 heavy (non-hydrogen) atoms. The second kappa shape index (κ2) is 8.66. The number of benzene rings is 1. The van der Waals surface area contributed by atoms with Gasteiger partial charge < -0.3 is 14.8 Å². The largest absolute Gasteiger partial charge is 0.482 e. The van der Waals surface area contributed by atoms with Crippen molar-refractivity contribution < 1.29 is 19.1 Å². The molecular formula is C17H14ClN3O4. The van der Waals surface area contributed by atoms with Gasteiger partial charge in [0, 0.05) is 6.20 Å². The zero-order chi connectivity index (χ0) is 18.2. The molecule has 0 bridgehead atoms. The van der Waals surface area contributed by atoms with Crippen LogP contribution in [0.1, 0.15) is 11.1 Å². The van der Waals surface area contributed by atoms with Crippen LogP contribution in [0.2, 0.25) is 5.02 Å². The number of hydrogen-bond donors (Lipinski definition) is 1. The van der Waals surface area contributed by atoms with Gasteiger partial charge in [0.1, 0.15) is 17.6 Å². The lowest BCUT2D eigenvalue weighted by atomic mass is 10.1. The molecule has 0 unspecified atom stereocenters. The monoisotopic (exact) mass is 359 g/mol. The highest BCUT2D eigenvalue weighted by atomic mass is 35.5. The minimum atomic E-state index is -0.433. The number of hydrogen-bond acceptors (Lipinski definition) is 6. The van der Waals surface area contributed by atoms with Gasteiger partial charge in [-0.25, -0.2) is 4.98 Å². The summed E-state index contributed by atoms with van der Waals surface area (Å²) in [4.78, 5) is 27.1. The maximum atomic E-state index is 11.9. The summed E-state index contributed by atoms with van der Waals surface area (Å²) in [5.74, 6) is -0.257. The first kappa shape index (κ1) is 18.2. The van der Waals surface area contributed by atoms with E-state index >= 15 is 0 Å². The number of aromatic nitrogens is 1. The van der Waals surface area contributed by atoms with E-state index in [0.29, 0.717) is 16.4 Å². The second-order valence-electron chi connectivity index (χ2n) is 4.89. The van der Waals surface area contributed by atoms with Crippen LogP contribution < -0.4 is 10.1 Å². The van der Waals surface area contributed by atoms with E-state index in [0.717, 1.165) is 0 Å². The second-order valence-corrected chi connectivity index (χ2v) is 5.33. The van der Waals surface area contributed by atoms with Gasteiger partial charge in [-0.2, -0.15) is 5.26 Å². The third-order valence-electron chi connectivity index (χ3n) is 3.09. The molecule has 0 aliphatic heterocycles. The fourth-order valence-corrected chi connectivity index (χ4v) is 2.02. The smallest absolute Gasteiger partial charge is 0.309 e. The van der Waals surface area contributed by atoms with Gasteiger partial charge in [-0.1, -0.05) is 17.7 Å². The zero-order valence-corrected chi connectivity index (χ0v) is 14.0. The van der Waals surface area contributed by atoms with Crippen LogP contribution in [-0.2, 0) is 20.7 Å². The number of amides is 1. The number of ether oxygens (including phenoxy) is 2. The van der Waals surface area contributed by atoms with E-state index in [1.807, 2.05) is 6.07 Å². The third kappa shape index (κ3) is 5.48. The van der Waals surface area contributed by atoms with Crippen molar-refractivity contribution in [1.29, 1.82) is 5.26 Å². The molecule has 0 aliphatic carbocycles. The van der Waals surface area contributed by atoms with Crippen molar-refractivity contribution in [3.8, 4) is 11.8 Å². The van der Waals surface area contributed by atoms with E-state index in [-0.39, 0.29) is 24.3 Å². The van der Waals surface area contributed by atoms with Gasteiger partial charge in [0.25, 0.3) is 5.91 Å². The molecule has 1 aromatic carbocycles. The average molecular weight is 360 g/mol. The van der Waals surface area contributed by atoms with Crippen LogP contribution in [0, 0.1) is 11.3 Å². The average Bonchev–Trinajstić information content (AvgIpc) is 2.62. The number of nitriles is 1. The summed E-state index contributed by atoms with van der Waals surface area (Å²) in [6, 6.07) is 9.81. The van der Waals surface area contributed by atoms with Gasteiger partial charge in [0.2, 0.25) is 0 Å². The van der Waals surface area contributed by atoms with Crippen LogP contribution >= 0.6 is 11.6 Å². The van der Waals surface area contributed by atoms with Gasteiger partial charge in [-0.3, -0.25) is 9.59 Å². The predicted molar refractivity (Wildman–Crippen MR) is 90.2 cm³/mol. The van der Waals surface area contributed by atoms with Gasteiger partial charge in [-0.15, -0.1) is 0 Å². The summed E-state index contributed by atoms with van der Waals surface area (Å²) < 4.78 is 9.95. The van der Waals surface area contributed by atoms with Crippen LogP contribution in [0.4, 0.5) is 5.82 Å². The van der Waals surface area contributed by atoms with E-state index in [2.05, 4.69) is 15.0 Å². The molecule has 0 aliphatic rings. The summed E-state index contributed by atoms with van der Waals surface area (Å²) in [5, 5.41) is 12.2. The minimum Gasteiger partial charge on any atom is -0.482 e. The number of nitrogens with one attached hydrogen (secondary N) is 1. The number of pyridine rings is 1. The zero-order valence-electron chi connectivity index (χ0n) is 13.3. The Hall–Kier alpha value is -3.11. The lowest BCUT2D eigenvalue weighted by Gasteiger charge is -2.09. The van der Waals surface area contributed by atoms with Crippen LogP contribution in [0.3, 0.4) is 0 Å². The van der Waals surface area contributed by atoms with Crippen molar-refractivity contribution in [2.45, 2.75) is 6.42 Å². The fraction of sp³-hybridized carbons (Fsp3) is 0.176. The van der Waals surface area contributed by atoms with Crippen LogP contribution in [0.15, 0.2) is 36.5 Å². The molecule has 0 saturated heterocycles. The van der Waals surface area contributed by atoms with Crippen molar-refractivity contribution in [2.24, 2.45) is 0 Å². The first-order chi connectivity index (χ1) is 12.0. The van der Waals surface area contributed by atoms with Crippen LogP contribution in [-0.4, -0.2) is 30.6 Å². The first-order valence-electron chi connectivity index (χ1n) is 7.16. The molecule has 1 N–H and O–H groups in total. The summed E-state index contributed by atoms with van der Waals surface area (Å²) in [5.41, 5.74) is 0.837. The molecule has 1 aromatic heterocycles. The summed E-state index contributed by atoms with van der Waals surface area (Å²) in [7, 11) is 1.29. The van der Waals surface area contributed by atoms with E-state index in [4.69, 9.17) is 16.3 Å². The van der Waals surface area contributed by atoms with Gasteiger partial charge in [0.15, 0.2) is 6.61 Å². The summed E-state index contributed by atoms with van der Waals surface area (Å²) in [6.07, 6.45) is 1.46. The number of anilines is 1. The number of esters is 1. The molecule has 2 rings (SSSR count). The molecule has 8 heteroatoms. The van der Waals surface area contributed by atoms with Crippen molar-refractivity contribution in [2.75, 3.05) is 19.0 Å². The molecule has 7 nitrogen and oxygen atoms in total. The molecule has 128 valence electrons. The number of nitrogens with zero attached hydrogens (tertiary/aromatic N) is 2. The number of halogens is 1. The van der Waals surface area contributed by atoms with Gasteiger partial charge in [0.05, 0.1) is 24.1 Å². The minimum absolute atomic E-state index is 0.0498. The Bertz CT molecular complexity index is 816. The lowest BCUT2D eigenvalue weighted by molar-refractivity contribution is -0.139. The SMILES string of the molecule is COC(=O)Cc1ccc(OCC(=O)Nc2ccc(Cl)cn2)c(C#N)c1. The quantitative estimate of drug-likeness (QED) is 0.794. The number of carbonyl (C=O) groups excluding carboxylic acids is 2. The Labute approximate surface area is 149 Å². The summed E-state index contributed by atoms with van der Waals surface area (Å²) >= 11 is 5.72. The Morgan fingerprint density at radius 3 is 2.76 bits per heavy atom. The van der Waals surface area contributed by atoms with Crippen molar-refractivity contribution in [1.82, 2.24) is 4.98 Å². The molecule has 0 fully saturated rings. The molecule has 1 amide bonds. The topological polar surface area (TPSA) is 101 Å². The van der Waals surface area contributed by atoms with Crippen LogP contribution in [0.5, 0.6) is 5.75 Å². The molecular weight excluding hydrogens is 346 g/mol. The van der Waals surface area contributed by atoms with Gasteiger partial charge in [-0.05, 0) is 29.8 Å². The highest BCUT2D eigenvalue weighted by molar-refractivity contribution is 6.30. The molecule has 0 saturated carbocycles. The van der Waals surface area contributed by atoms with E-state index in [1.165, 1.54) is 25.4 Å². The highest BCUT2D eigenvalue weighted by Crippen LogP contribution is 2.20. The molecule has 0 spiro atoms. The van der Waals surface area contributed by atoms with Crippen molar-refractivity contribution in [3.05, 3.63) is 52.7 Å². The maximum Gasteiger partial charge on any atom is 0.309 e. The van der Waals surface area contributed by atoms with Gasteiger partial charge >= 0.3 is 5.97 Å². The maximum absolute atomic E-state index is 11.9. The fourth-order valence-electron chi connectivity index (χ4n) is 1.91. The first-order valence-corrected chi connectivity index (χ1v) is 7.53. The van der Waals surface area contributed by atoms with E-state index in [9.17, 15) is 14.9 Å². The number of carbonyl (C=O) groups is 2. The van der Waals surface area contributed by atoms with Crippen molar-refractivity contribution in [3.63, 3.8) is 0 Å². The Morgan fingerprint density at radius 2 is 2.12 bits per heavy atom. The molecule has 2 aromatic rings. The van der Waals surface area contributed by atoms with E-state index < -0.39 is 11.9 Å².